The molecule has 2 N–H and O–H groups in total. The molecule has 1 spiro atoms. The summed E-state index contributed by atoms with van der Waals surface area (Å²) in [6.45, 7) is 3.74. The average Bonchev–Trinajstić information content (AvgIpc) is 2.69. The molecule has 3 rings (SSSR count). The molecule has 2 unspecified atom stereocenters. The fourth-order valence-corrected chi connectivity index (χ4v) is 3.13. The highest BCUT2D eigenvalue weighted by molar-refractivity contribution is 6.30. The third kappa shape index (κ3) is 1.82. The maximum Gasteiger partial charge on any atom is 0.129 e. The smallest absolute Gasteiger partial charge is 0.129 e. The molecule has 1 saturated heterocycles. The van der Waals surface area contributed by atoms with Crippen molar-refractivity contribution in [3.05, 3.63) is 28.3 Å². The minimum absolute atomic E-state index is 0.231. The van der Waals surface area contributed by atoms with Crippen LogP contribution < -0.4 is 10.1 Å². The van der Waals surface area contributed by atoms with Crippen molar-refractivity contribution in [2.75, 3.05) is 13.1 Å². The molecule has 0 amide bonds. The van der Waals surface area contributed by atoms with Gasteiger partial charge in [-0.2, -0.15) is 0 Å². The zero-order chi connectivity index (χ0) is 12.0. The van der Waals surface area contributed by atoms with E-state index in [0.29, 0.717) is 11.4 Å². The molecule has 0 aromatic heterocycles. The Labute approximate surface area is 106 Å². The first kappa shape index (κ1) is 11.3. The van der Waals surface area contributed by atoms with Crippen molar-refractivity contribution < 1.29 is 9.84 Å². The first-order valence-electron chi connectivity index (χ1n) is 5.97. The largest absolute Gasteiger partial charge is 0.485 e. The van der Waals surface area contributed by atoms with E-state index in [0.717, 1.165) is 36.4 Å². The molecule has 0 bridgehead atoms. The van der Waals surface area contributed by atoms with E-state index in [4.69, 9.17) is 16.3 Å². The minimum Gasteiger partial charge on any atom is -0.485 e. The second-order valence-corrected chi connectivity index (χ2v) is 5.51. The fourth-order valence-electron chi connectivity index (χ4n) is 2.85. The summed E-state index contributed by atoms with van der Waals surface area (Å²) >= 11 is 6.02. The normalized spacial score (nSPS) is 31.4. The van der Waals surface area contributed by atoms with Gasteiger partial charge in [-0.3, -0.25) is 0 Å². The monoisotopic (exact) mass is 253 g/mol. The lowest BCUT2D eigenvalue weighted by atomic mass is 9.87. The van der Waals surface area contributed by atoms with E-state index in [2.05, 4.69) is 5.32 Å². The standard InChI is InChI=1S/C13H16ClNO2/c1-8-4-9(14)5-10-11(16)6-13(17-12(8)10)2-3-15-7-13/h4-5,11,15-16H,2-3,6-7H2,1H3. The van der Waals surface area contributed by atoms with E-state index in [1.54, 1.807) is 0 Å². The molecule has 1 aromatic rings. The minimum atomic E-state index is -0.476. The predicted molar refractivity (Wildman–Crippen MR) is 66.6 cm³/mol. The number of halogens is 1. The van der Waals surface area contributed by atoms with Gasteiger partial charge in [0, 0.05) is 30.0 Å². The number of hydrogen-bond donors (Lipinski definition) is 2. The number of nitrogens with one attached hydrogen (secondary N) is 1. The zero-order valence-electron chi connectivity index (χ0n) is 9.79. The van der Waals surface area contributed by atoms with Crippen LogP contribution in [-0.2, 0) is 0 Å². The Morgan fingerprint density at radius 3 is 3.06 bits per heavy atom. The number of aliphatic hydroxyl groups excluding tert-OH is 1. The van der Waals surface area contributed by atoms with Crippen LogP contribution in [0.4, 0.5) is 0 Å². The number of aryl methyl sites for hydroxylation is 1. The first-order chi connectivity index (χ1) is 8.10. The highest BCUT2D eigenvalue weighted by Crippen LogP contribution is 2.44. The van der Waals surface area contributed by atoms with Crippen molar-refractivity contribution in [3.63, 3.8) is 0 Å². The average molecular weight is 254 g/mol. The summed E-state index contributed by atoms with van der Waals surface area (Å²) in [5.74, 6) is 0.817. The van der Waals surface area contributed by atoms with Crippen LogP contribution in [0.2, 0.25) is 5.02 Å². The molecular weight excluding hydrogens is 238 g/mol. The molecule has 2 heterocycles. The Hall–Kier alpha value is -0.770. The van der Waals surface area contributed by atoms with Gasteiger partial charge in [0.2, 0.25) is 0 Å². The molecule has 2 atom stereocenters. The van der Waals surface area contributed by atoms with E-state index < -0.39 is 6.10 Å². The van der Waals surface area contributed by atoms with Crippen molar-refractivity contribution in [1.29, 1.82) is 0 Å². The van der Waals surface area contributed by atoms with E-state index in [1.807, 2.05) is 19.1 Å². The molecule has 92 valence electrons. The van der Waals surface area contributed by atoms with Crippen LogP contribution in [0.1, 0.15) is 30.1 Å². The summed E-state index contributed by atoms with van der Waals surface area (Å²) in [6, 6.07) is 3.69. The summed E-state index contributed by atoms with van der Waals surface area (Å²) in [6.07, 6.45) is 1.12. The Kier molecular flexibility index (Phi) is 2.58. The van der Waals surface area contributed by atoms with E-state index in [-0.39, 0.29) is 5.60 Å². The van der Waals surface area contributed by atoms with Crippen LogP contribution in [-0.4, -0.2) is 23.8 Å². The van der Waals surface area contributed by atoms with Gasteiger partial charge in [-0.15, -0.1) is 0 Å². The molecule has 1 aromatic carbocycles. The second-order valence-electron chi connectivity index (χ2n) is 5.07. The quantitative estimate of drug-likeness (QED) is 0.745. The van der Waals surface area contributed by atoms with Gasteiger partial charge >= 0.3 is 0 Å². The molecule has 0 aliphatic carbocycles. The van der Waals surface area contributed by atoms with E-state index >= 15 is 0 Å². The highest BCUT2D eigenvalue weighted by Gasteiger charge is 2.43. The predicted octanol–water partition coefficient (Wildman–Crippen LogP) is 2.20. The summed E-state index contributed by atoms with van der Waals surface area (Å²) in [5, 5.41) is 14.2. The molecule has 17 heavy (non-hydrogen) atoms. The van der Waals surface area contributed by atoms with Gasteiger partial charge in [0.25, 0.3) is 0 Å². The maximum atomic E-state index is 10.3. The molecule has 1 fully saturated rings. The number of fused-ring (bicyclic) bond motifs is 1. The van der Waals surface area contributed by atoms with Gasteiger partial charge in [0.1, 0.15) is 11.4 Å². The number of rotatable bonds is 0. The molecule has 0 radical (unpaired) electrons. The number of hydrogen-bond acceptors (Lipinski definition) is 3. The van der Waals surface area contributed by atoms with Gasteiger partial charge in [-0.05, 0) is 31.2 Å². The van der Waals surface area contributed by atoms with Crippen molar-refractivity contribution in [3.8, 4) is 5.75 Å². The van der Waals surface area contributed by atoms with Gasteiger partial charge in [-0.25, -0.2) is 0 Å². The van der Waals surface area contributed by atoms with Gasteiger partial charge in [0.15, 0.2) is 0 Å². The van der Waals surface area contributed by atoms with Crippen molar-refractivity contribution >= 4 is 11.6 Å². The number of aliphatic hydroxyl groups is 1. The van der Waals surface area contributed by atoms with Crippen LogP contribution in [0, 0.1) is 6.92 Å². The lowest BCUT2D eigenvalue weighted by molar-refractivity contribution is -0.000894. The van der Waals surface area contributed by atoms with Crippen LogP contribution >= 0.6 is 11.6 Å². The van der Waals surface area contributed by atoms with Crippen molar-refractivity contribution in [1.82, 2.24) is 5.32 Å². The van der Waals surface area contributed by atoms with Crippen LogP contribution in [0.3, 0.4) is 0 Å². The van der Waals surface area contributed by atoms with Crippen LogP contribution in [0.5, 0.6) is 5.75 Å². The molecule has 4 heteroatoms. The Morgan fingerprint density at radius 2 is 2.35 bits per heavy atom. The summed E-state index contributed by atoms with van der Waals surface area (Å²) in [7, 11) is 0. The van der Waals surface area contributed by atoms with Crippen molar-refractivity contribution in [2.24, 2.45) is 0 Å². The molecule has 3 nitrogen and oxygen atoms in total. The Balaban J connectivity index is 2.06. The lowest BCUT2D eigenvalue weighted by Crippen LogP contribution is -2.43. The Bertz CT molecular complexity index is 455. The molecule has 0 saturated carbocycles. The van der Waals surface area contributed by atoms with Gasteiger partial charge in [0.05, 0.1) is 6.10 Å². The lowest BCUT2D eigenvalue weighted by Gasteiger charge is -2.38. The zero-order valence-corrected chi connectivity index (χ0v) is 10.5. The number of ether oxygens (including phenoxy) is 1. The first-order valence-corrected chi connectivity index (χ1v) is 6.35. The van der Waals surface area contributed by atoms with Crippen LogP contribution in [0.15, 0.2) is 12.1 Å². The van der Waals surface area contributed by atoms with Gasteiger partial charge in [-0.1, -0.05) is 11.6 Å². The molecule has 2 aliphatic rings. The molecular formula is C13H16ClNO2. The topological polar surface area (TPSA) is 41.5 Å². The summed E-state index contributed by atoms with van der Waals surface area (Å²) < 4.78 is 6.16. The second kappa shape index (κ2) is 3.87. The highest BCUT2D eigenvalue weighted by atomic mass is 35.5. The van der Waals surface area contributed by atoms with E-state index in [9.17, 15) is 5.11 Å². The van der Waals surface area contributed by atoms with Crippen molar-refractivity contribution in [2.45, 2.75) is 31.5 Å². The third-order valence-corrected chi connectivity index (χ3v) is 3.93. The summed E-state index contributed by atoms with van der Waals surface area (Å²) in [4.78, 5) is 0. The van der Waals surface area contributed by atoms with Gasteiger partial charge < -0.3 is 15.2 Å². The molecule has 2 aliphatic heterocycles. The number of benzene rings is 1. The van der Waals surface area contributed by atoms with E-state index in [1.165, 1.54) is 0 Å². The third-order valence-electron chi connectivity index (χ3n) is 3.72. The fraction of sp³-hybridized carbons (Fsp3) is 0.538. The maximum absolute atomic E-state index is 10.3. The SMILES string of the molecule is Cc1cc(Cl)cc2c1OC1(CCNC1)CC2O. The summed E-state index contributed by atoms with van der Waals surface area (Å²) in [5.41, 5.74) is 1.59. The van der Waals surface area contributed by atoms with Crippen LogP contribution in [0.25, 0.3) is 0 Å². The Morgan fingerprint density at radius 1 is 1.53 bits per heavy atom.